The first-order chi connectivity index (χ1) is 10.6. The Morgan fingerprint density at radius 1 is 1.09 bits per heavy atom. The molecule has 1 aliphatic rings. The monoisotopic (exact) mass is 410 g/mol. The number of hydrogen-bond acceptors (Lipinski definition) is 2. The molecule has 3 rings (SSSR count). The van der Waals surface area contributed by atoms with Crippen molar-refractivity contribution in [2.24, 2.45) is 0 Å². The molecule has 1 amide bonds. The summed E-state index contributed by atoms with van der Waals surface area (Å²) in [6, 6.07) is 13.6. The number of amides is 1. The van der Waals surface area contributed by atoms with E-state index >= 15 is 0 Å². The summed E-state index contributed by atoms with van der Waals surface area (Å²) in [5.74, 6) is -0.382. The van der Waals surface area contributed by atoms with Crippen LogP contribution in [0.3, 0.4) is 0 Å². The molecule has 1 saturated carbocycles. The summed E-state index contributed by atoms with van der Waals surface area (Å²) in [5.41, 5.74) is 1.61. The second kappa shape index (κ2) is 6.64. The SMILES string of the molecule is O=C(NC1CC1)[C@H](Nc1ccc(I)cc1)c1ccc(F)cc1. The zero-order chi connectivity index (χ0) is 15.5. The first-order valence-electron chi connectivity index (χ1n) is 7.20. The van der Waals surface area contributed by atoms with E-state index in [1.165, 1.54) is 12.1 Å². The van der Waals surface area contributed by atoms with E-state index in [2.05, 4.69) is 33.2 Å². The molecule has 22 heavy (non-hydrogen) atoms. The van der Waals surface area contributed by atoms with Crippen molar-refractivity contribution in [3.63, 3.8) is 0 Å². The van der Waals surface area contributed by atoms with E-state index in [4.69, 9.17) is 0 Å². The number of nitrogens with one attached hydrogen (secondary N) is 2. The zero-order valence-electron chi connectivity index (χ0n) is 11.9. The molecule has 0 unspecified atom stereocenters. The van der Waals surface area contributed by atoms with Crippen molar-refractivity contribution in [3.05, 3.63) is 63.5 Å². The van der Waals surface area contributed by atoms with Crippen molar-refractivity contribution in [2.75, 3.05) is 5.32 Å². The Morgan fingerprint density at radius 3 is 2.32 bits per heavy atom. The third kappa shape index (κ3) is 3.97. The van der Waals surface area contributed by atoms with Gasteiger partial charge in [-0.2, -0.15) is 0 Å². The molecular weight excluding hydrogens is 394 g/mol. The molecule has 1 aliphatic carbocycles. The molecule has 0 aliphatic heterocycles. The quantitative estimate of drug-likeness (QED) is 0.736. The number of anilines is 1. The van der Waals surface area contributed by atoms with Crippen LogP contribution in [-0.2, 0) is 4.79 Å². The lowest BCUT2D eigenvalue weighted by Crippen LogP contribution is -2.34. The highest BCUT2D eigenvalue weighted by molar-refractivity contribution is 14.1. The van der Waals surface area contributed by atoms with E-state index in [9.17, 15) is 9.18 Å². The molecule has 0 saturated heterocycles. The van der Waals surface area contributed by atoms with Crippen LogP contribution in [0.2, 0.25) is 0 Å². The first-order valence-corrected chi connectivity index (χ1v) is 8.27. The lowest BCUT2D eigenvalue weighted by Gasteiger charge is -2.20. The Bertz CT molecular complexity index is 653. The van der Waals surface area contributed by atoms with Crippen LogP contribution in [0.4, 0.5) is 10.1 Å². The predicted molar refractivity (Wildman–Crippen MR) is 93.1 cm³/mol. The second-order valence-electron chi connectivity index (χ2n) is 5.42. The summed E-state index contributed by atoms with van der Waals surface area (Å²) in [5, 5.41) is 6.24. The van der Waals surface area contributed by atoms with Gasteiger partial charge in [0.1, 0.15) is 11.9 Å². The summed E-state index contributed by atoms with van der Waals surface area (Å²) in [6.45, 7) is 0. The molecule has 0 aromatic heterocycles. The minimum atomic E-state index is -0.527. The number of rotatable bonds is 5. The summed E-state index contributed by atoms with van der Waals surface area (Å²) < 4.78 is 14.2. The van der Waals surface area contributed by atoms with E-state index in [1.807, 2.05) is 24.3 Å². The fourth-order valence-electron chi connectivity index (χ4n) is 2.18. The maximum Gasteiger partial charge on any atom is 0.247 e. The highest BCUT2D eigenvalue weighted by atomic mass is 127. The number of benzene rings is 2. The van der Waals surface area contributed by atoms with Gasteiger partial charge in [0.15, 0.2) is 0 Å². The molecule has 3 nitrogen and oxygen atoms in total. The van der Waals surface area contributed by atoms with Crippen LogP contribution in [0.15, 0.2) is 48.5 Å². The minimum absolute atomic E-state index is 0.0762. The molecule has 1 fully saturated rings. The summed E-state index contributed by atoms with van der Waals surface area (Å²) in [7, 11) is 0. The van der Waals surface area contributed by atoms with E-state index in [1.54, 1.807) is 12.1 Å². The van der Waals surface area contributed by atoms with Crippen LogP contribution in [0.25, 0.3) is 0 Å². The van der Waals surface area contributed by atoms with Crippen LogP contribution in [-0.4, -0.2) is 11.9 Å². The van der Waals surface area contributed by atoms with E-state index in [0.29, 0.717) is 0 Å². The Morgan fingerprint density at radius 2 is 1.73 bits per heavy atom. The van der Waals surface area contributed by atoms with Gasteiger partial charge in [0, 0.05) is 15.3 Å². The number of hydrogen-bond donors (Lipinski definition) is 2. The fraction of sp³-hybridized carbons (Fsp3) is 0.235. The summed E-state index contributed by atoms with van der Waals surface area (Å²) in [4.78, 5) is 12.5. The molecular formula is C17H16FIN2O. The Kier molecular flexibility index (Phi) is 4.61. The molecule has 0 radical (unpaired) electrons. The standard InChI is InChI=1S/C17H16FIN2O/c18-12-3-1-11(2-4-12)16(17(22)21-15-9-10-15)20-14-7-5-13(19)6-8-14/h1-8,15-16,20H,9-10H2,(H,21,22)/t16-/m1/s1. The van der Waals surface area contributed by atoms with E-state index < -0.39 is 6.04 Å². The second-order valence-corrected chi connectivity index (χ2v) is 6.66. The largest absolute Gasteiger partial charge is 0.370 e. The highest BCUT2D eigenvalue weighted by Crippen LogP contribution is 2.24. The topological polar surface area (TPSA) is 41.1 Å². The summed E-state index contributed by atoms with van der Waals surface area (Å²) >= 11 is 2.23. The Hall–Kier alpha value is -1.63. The van der Waals surface area contributed by atoms with E-state index in [0.717, 1.165) is 27.7 Å². The molecule has 0 bridgehead atoms. The molecule has 5 heteroatoms. The predicted octanol–water partition coefficient (Wildman–Crippen LogP) is 3.86. The molecule has 2 N–H and O–H groups in total. The minimum Gasteiger partial charge on any atom is -0.370 e. The molecule has 1 atom stereocenters. The van der Waals surface area contributed by atoms with Gasteiger partial charge in [-0.25, -0.2) is 4.39 Å². The van der Waals surface area contributed by atoms with Crippen LogP contribution < -0.4 is 10.6 Å². The van der Waals surface area contributed by atoms with Gasteiger partial charge in [-0.3, -0.25) is 4.79 Å². The Labute approximate surface area is 142 Å². The van der Waals surface area contributed by atoms with Crippen LogP contribution in [0.1, 0.15) is 24.4 Å². The van der Waals surface area contributed by atoms with Gasteiger partial charge in [-0.15, -0.1) is 0 Å². The van der Waals surface area contributed by atoms with Crippen molar-refractivity contribution in [1.82, 2.24) is 5.32 Å². The van der Waals surface area contributed by atoms with Gasteiger partial charge >= 0.3 is 0 Å². The maximum atomic E-state index is 13.1. The van der Waals surface area contributed by atoms with Gasteiger partial charge in [-0.05, 0) is 77.4 Å². The Balaban J connectivity index is 1.82. The fourth-order valence-corrected chi connectivity index (χ4v) is 2.54. The van der Waals surface area contributed by atoms with E-state index in [-0.39, 0.29) is 17.8 Å². The third-order valence-electron chi connectivity index (χ3n) is 3.54. The van der Waals surface area contributed by atoms with Crippen molar-refractivity contribution < 1.29 is 9.18 Å². The number of carbonyl (C=O) groups excluding carboxylic acids is 1. The van der Waals surface area contributed by atoms with Gasteiger partial charge in [0.25, 0.3) is 0 Å². The molecule has 114 valence electrons. The lowest BCUT2D eigenvalue weighted by atomic mass is 10.1. The van der Waals surface area contributed by atoms with Gasteiger partial charge < -0.3 is 10.6 Å². The highest BCUT2D eigenvalue weighted by Gasteiger charge is 2.28. The number of carbonyl (C=O) groups is 1. The van der Waals surface area contributed by atoms with Crippen LogP contribution >= 0.6 is 22.6 Å². The van der Waals surface area contributed by atoms with Crippen LogP contribution in [0, 0.1) is 9.39 Å². The maximum absolute atomic E-state index is 13.1. The smallest absolute Gasteiger partial charge is 0.247 e. The zero-order valence-corrected chi connectivity index (χ0v) is 14.0. The lowest BCUT2D eigenvalue weighted by molar-refractivity contribution is -0.122. The van der Waals surface area contributed by atoms with Crippen molar-refractivity contribution in [1.29, 1.82) is 0 Å². The van der Waals surface area contributed by atoms with Crippen LogP contribution in [0.5, 0.6) is 0 Å². The van der Waals surface area contributed by atoms with Crippen molar-refractivity contribution in [2.45, 2.75) is 24.9 Å². The average molecular weight is 410 g/mol. The van der Waals surface area contributed by atoms with Gasteiger partial charge in [0.2, 0.25) is 5.91 Å². The average Bonchev–Trinajstić information content (AvgIpc) is 3.31. The first kappa shape index (κ1) is 15.3. The van der Waals surface area contributed by atoms with Gasteiger partial charge in [0.05, 0.1) is 0 Å². The molecule has 2 aromatic rings. The third-order valence-corrected chi connectivity index (χ3v) is 4.26. The molecule has 0 heterocycles. The summed E-state index contributed by atoms with van der Waals surface area (Å²) in [6.07, 6.45) is 2.07. The van der Waals surface area contributed by atoms with Crippen molar-refractivity contribution >= 4 is 34.2 Å². The molecule has 0 spiro atoms. The van der Waals surface area contributed by atoms with Gasteiger partial charge in [-0.1, -0.05) is 12.1 Å². The molecule has 2 aromatic carbocycles. The number of halogens is 2. The normalized spacial score (nSPS) is 15.2. The van der Waals surface area contributed by atoms with Crippen molar-refractivity contribution in [3.8, 4) is 0 Å².